The maximum absolute atomic E-state index is 12.8. The highest BCUT2D eigenvalue weighted by Gasteiger charge is 2.29. The van der Waals surface area contributed by atoms with Crippen LogP contribution >= 0.6 is 0 Å². The van der Waals surface area contributed by atoms with E-state index in [-0.39, 0.29) is 24.3 Å². The Morgan fingerprint density at radius 2 is 2.08 bits per heavy atom. The van der Waals surface area contributed by atoms with Gasteiger partial charge in [0, 0.05) is 24.1 Å². The first-order valence-electron chi connectivity index (χ1n) is 8.69. The van der Waals surface area contributed by atoms with Crippen molar-refractivity contribution >= 4 is 23.0 Å². The Balaban J connectivity index is 1.93. The molecule has 7 nitrogen and oxygen atoms in total. The molecule has 1 atom stereocenters. The summed E-state index contributed by atoms with van der Waals surface area (Å²) in [7, 11) is 0. The minimum absolute atomic E-state index is 0.0189. The monoisotopic (exact) mass is 345 g/mol. The van der Waals surface area contributed by atoms with Gasteiger partial charge in [0.1, 0.15) is 0 Å². The summed E-state index contributed by atoms with van der Waals surface area (Å²) in [6.07, 6.45) is 2.54. The van der Waals surface area contributed by atoms with Crippen molar-refractivity contribution in [1.82, 2.24) is 15.5 Å². The molecule has 1 aliphatic carbocycles. The molecule has 3 rings (SSSR count). The lowest BCUT2D eigenvalue weighted by atomic mass is 10.0. The average molecular weight is 345 g/mol. The molecule has 1 saturated carbocycles. The minimum Gasteiger partial charge on any atom is -0.481 e. The molecule has 7 heteroatoms. The van der Waals surface area contributed by atoms with E-state index in [1.54, 1.807) is 6.92 Å². The number of fused-ring (bicyclic) bond motifs is 1. The van der Waals surface area contributed by atoms with Crippen LogP contribution in [0, 0.1) is 0 Å². The molecule has 1 aliphatic rings. The van der Waals surface area contributed by atoms with E-state index in [9.17, 15) is 9.59 Å². The molecule has 134 valence electrons. The maximum atomic E-state index is 12.8. The van der Waals surface area contributed by atoms with E-state index in [4.69, 9.17) is 9.63 Å². The number of nitrogens with zero attached hydrogens (tertiary/aromatic N) is 2. The third kappa shape index (κ3) is 3.81. The summed E-state index contributed by atoms with van der Waals surface area (Å²) in [6.45, 7) is 5.78. The molecule has 0 bridgehead atoms. The van der Waals surface area contributed by atoms with Gasteiger partial charge in [0.05, 0.1) is 16.6 Å². The molecule has 1 unspecified atom stereocenters. The zero-order valence-corrected chi connectivity index (χ0v) is 14.7. The van der Waals surface area contributed by atoms with Crippen molar-refractivity contribution in [3.63, 3.8) is 0 Å². The molecule has 0 radical (unpaired) electrons. The second-order valence-corrected chi connectivity index (χ2v) is 7.08. The first-order chi connectivity index (χ1) is 11.9. The van der Waals surface area contributed by atoms with Gasteiger partial charge in [-0.1, -0.05) is 19.0 Å². The number of nitrogens with one attached hydrogen (secondary N) is 1. The molecule has 0 aromatic carbocycles. The molecule has 0 saturated heterocycles. The van der Waals surface area contributed by atoms with Crippen LogP contribution in [0.1, 0.15) is 80.0 Å². The molecule has 1 fully saturated rings. The third-order valence-corrected chi connectivity index (χ3v) is 4.45. The Labute approximate surface area is 145 Å². The lowest BCUT2D eigenvalue weighted by molar-refractivity contribution is -0.137. The Morgan fingerprint density at radius 1 is 1.36 bits per heavy atom. The number of carbonyl (C=O) groups excluding carboxylic acids is 1. The molecular formula is C18H23N3O4. The Kier molecular flexibility index (Phi) is 4.74. The van der Waals surface area contributed by atoms with Gasteiger partial charge in [-0.05, 0) is 38.2 Å². The van der Waals surface area contributed by atoms with Crippen LogP contribution in [0.2, 0.25) is 0 Å². The van der Waals surface area contributed by atoms with Crippen molar-refractivity contribution < 1.29 is 19.2 Å². The number of aromatic nitrogens is 2. The van der Waals surface area contributed by atoms with Crippen molar-refractivity contribution in [3.05, 3.63) is 23.0 Å². The summed E-state index contributed by atoms with van der Waals surface area (Å²) in [5.74, 6) is -0.624. The Morgan fingerprint density at radius 3 is 2.68 bits per heavy atom. The number of pyridine rings is 1. The van der Waals surface area contributed by atoms with Gasteiger partial charge in [-0.3, -0.25) is 9.59 Å². The molecule has 0 spiro atoms. The predicted octanol–water partition coefficient (Wildman–Crippen LogP) is 3.21. The first-order valence-corrected chi connectivity index (χ1v) is 8.69. The molecule has 2 N–H and O–H groups in total. The number of hydrogen-bond acceptors (Lipinski definition) is 5. The lowest BCUT2D eigenvalue weighted by Crippen LogP contribution is -2.33. The van der Waals surface area contributed by atoms with Crippen molar-refractivity contribution in [2.24, 2.45) is 0 Å². The summed E-state index contributed by atoms with van der Waals surface area (Å²) in [4.78, 5) is 28.1. The smallest absolute Gasteiger partial charge is 0.303 e. The van der Waals surface area contributed by atoms with Gasteiger partial charge in [-0.15, -0.1) is 0 Å². The number of carboxylic acid groups (broad SMARTS) is 1. The van der Waals surface area contributed by atoms with Gasteiger partial charge in [0.15, 0.2) is 0 Å². The van der Waals surface area contributed by atoms with E-state index < -0.39 is 5.97 Å². The summed E-state index contributed by atoms with van der Waals surface area (Å²) < 4.78 is 5.38. The van der Waals surface area contributed by atoms with E-state index in [0.29, 0.717) is 34.7 Å². The van der Waals surface area contributed by atoms with E-state index in [0.717, 1.165) is 18.5 Å². The van der Waals surface area contributed by atoms with Gasteiger partial charge in [0.2, 0.25) is 0 Å². The predicted molar refractivity (Wildman–Crippen MR) is 91.7 cm³/mol. The molecule has 0 aliphatic heterocycles. The lowest BCUT2D eigenvalue weighted by Gasteiger charge is -2.14. The highest BCUT2D eigenvalue weighted by molar-refractivity contribution is 6.06. The number of rotatable bonds is 7. The van der Waals surface area contributed by atoms with Crippen molar-refractivity contribution in [2.45, 2.75) is 64.3 Å². The highest BCUT2D eigenvalue weighted by atomic mass is 16.5. The van der Waals surface area contributed by atoms with Crippen LogP contribution in [-0.2, 0) is 4.79 Å². The largest absolute Gasteiger partial charge is 0.481 e. The highest BCUT2D eigenvalue weighted by Crippen LogP contribution is 2.41. The van der Waals surface area contributed by atoms with Gasteiger partial charge < -0.3 is 14.9 Å². The number of amides is 1. The summed E-state index contributed by atoms with van der Waals surface area (Å²) >= 11 is 0. The standard InChI is InChI=1S/C18H23N3O4/c1-9(2)16-15-12(17(24)19-10(3)4-7-14(22)23)8-13(11-5-6-11)20-18(15)25-21-16/h8-11H,4-7H2,1-3H3,(H,19,24)(H,22,23). The minimum atomic E-state index is -0.871. The van der Waals surface area contributed by atoms with Gasteiger partial charge in [-0.2, -0.15) is 0 Å². The zero-order chi connectivity index (χ0) is 18.1. The Hall–Kier alpha value is -2.44. The van der Waals surface area contributed by atoms with E-state index in [2.05, 4.69) is 15.5 Å². The number of hydrogen-bond donors (Lipinski definition) is 2. The topological polar surface area (TPSA) is 105 Å². The van der Waals surface area contributed by atoms with Crippen LogP contribution < -0.4 is 5.32 Å². The van der Waals surface area contributed by atoms with E-state index in [1.165, 1.54) is 0 Å². The maximum Gasteiger partial charge on any atom is 0.303 e. The molecule has 2 aromatic heterocycles. The molecule has 2 heterocycles. The molecule has 2 aromatic rings. The summed E-state index contributed by atoms with van der Waals surface area (Å²) in [6, 6.07) is 1.60. The average Bonchev–Trinajstić information content (AvgIpc) is 3.30. The number of carbonyl (C=O) groups is 2. The zero-order valence-electron chi connectivity index (χ0n) is 14.7. The fourth-order valence-corrected chi connectivity index (χ4v) is 2.87. The second kappa shape index (κ2) is 6.82. The van der Waals surface area contributed by atoms with Crippen molar-refractivity contribution in [3.8, 4) is 0 Å². The van der Waals surface area contributed by atoms with Crippen LogP contribution in [0.15, 0.2) is 10.6 Å². The summed E-state index contributed by atoms with van der Waals surface area (Å²) in [5.41, 5.74) is 2.49. The van der Waals surface area contributed by atoms with E-state index in [1.807, 2.05) is 19.9 Å². The SMILES string of the molecule is CC(CCC(=O)O)NC(=O)c1cc(C2CC2)nc2onc(C(C)C)c12. The Bertz CT molecular complexity index is 808. The van der Waals surface area contributed by atoms with Crippen LogP contribution in [0.3, 0.4) is 0 Å². The fraction of sp³-hybridized carbons (Fsp3) is 0.556. The van der Waals surface area contributed by atoms with Gasteiger partial charge in [-0.25, -0.2) is 4.98 Å². The molecule has 1 amide bonds. The third-order valence-electron chi connectivity index (χ3n) is 4.45. The van der Waals surface area contributed by atoms with Crippen molar-refractivity contribution in [2.75, 3.05) is 0 Å². The van der Waals surface area contributed by atoms with E-state index >= 15 is 0 Å². The first kappa shape index (κ1) is 17.4. The molecular weight excluding hydrogens is 322 g/mol. The quantitative estimate of drug-likeness (QED) is 0.798. The number of carboxylic acids is 1. The van der Waals surface area contributed by atoms with Crippen LogP contribution in [0.4, 0.5) is 0 Å². The fourth-order valence-electron chi connectivity index (χ4n) is 2.87. The molecule has 25 heavy (non-hydrogen) atoms. The van der Waals surface area contributed by atoms with Crippen LogP contribution in [0.25, 0.3) is 11.1 Å². The van der Waals surface area contributed by atoms with Gasteiger partial charge >= 0.3 is 5.97 Å². The van der Waals surface area contributed by atoms with Crippen molar-refractivity contribution in [1.29, 1.82) is 0 Å². The van der Waals surface area contributed by atoms with Crippen LogP contribution in [-0.4, -0.2) is 33.2 Å². The number of aliphatic carboxylic acids is 1. The van der Waals surface area contributed by atoms with Gasteiger partial charge in [0.25, 0.3) is 11.6 Å². The van der Waals surface area contributed by atoms with Crippen LogP contribution in [0.5, 0.6) is 0 Å². The summed E-state index contributed by atoms with van der Waals surface area (Å²) in [5, 5.41) is 16.4. The second-order valence-electron chi connectivity index (χ2n) is 7.08. The normalized spacial score (nSPS) is 15.5.